The van der Waals surface area contributed by atoms with E-state index in [2.05, 4.69) is 4.72 Å². The summed E-state index contributed by atoms with van der Waals surface area (Å²) in [6.07, 6.45) is 0. The van der Waals surface area contributed by atoms with Crippen LogP contribution in [0.1, 0.15) is 18.5 Å². The molecule has 0 saturated heterocycles. The molecule has 0 amide bonds. The van der Waals surface area contributed by atoms with Gasteiger partial charge >= 0.3 is 0 Å². The lowest BCUT2D eigenvalue weighted by Crippen LogP contribution is -2.27. The van der Waals surface area contributed by atoms with E-state index in [1.807, 2.05) is 6.07 Å². The molecule has 0 spiro atoms. The zero-order valence-electron chi connectivity index (χ0n) is 13.0. The maximum atomic E-state index is 12.5. The number of benzene rings is 2. The average Bonchev–Trinajstić information content (AvgIpc) is 2.54. The summed E-state index contributed by atoms with van der Waals surface area (Å²) in [5.41, 5.74) is 0.707. The summed E-state index contributed by atoms with van der Waals surface area (Å²) in [7, 11) is -0.784. The van der Waals surface area contributed by atoms with Crippen molar-refractivity contribution in [1.29, 1.82) is 0 Å². The van der Waals surface area contributed by atoms with Crippen molar-refractivity contribution in [2.75, 3.05) is 14.2 Å². The standard InChI is InChI=1S/C16H18ClNO4S/c1-11(13-6-4-5-7-14(13)17)18-23(19,20)12-8-9-15(21-2)16(10-12)22-3/h4-11,18H,1-3H3. The molecular formula is C16H18ClNO4S. The van der Waals surface area contributed by atoms with E-state index in [0.29, 0.717) is 22.1 Å². The van der Waals surface area contributed by atoms with Gasteiger partial charge in [-0.15, -0.1) is 0 Å². The van der Waals surface area contributed by atoms with Gasteiger partial charge in [0.05, 0.1) is 19.1 Å². The summed E-state index contributed by atoms with van der Waals surface area (Å²) < 4.78 is 38.0. The van der Waals surface area contributed by atoms with Crippen LogP contribution in [0.2, 0.25) is 5.02 Å². The maximum absolute atomic E-state index is 12.5. The van der Waals surface area contributed by atoms with Crippen molar-refractivity contribution in [3.05, 3.63) is 53.1 Å². The van der Waals surface area contributed by atoms with E-state index in [0.717, 1.165) is 0 Å². The fourth-order valence-electron chi connectivity index (χ4n) is 2.17. The number of nitrogens with one attached hydrogen (secondary N) is 1. The highest BCUT2D eigenvalue weighted by atomic mass is 35.5. The third-order valence-electron chi connectivity index (χ3n) is 3.37. The number of ether oxygens (including phenoxy) is 2. The summed E-state index contributed by atoms with van der Waals surface area (Å²) in [6, 6.07) is 11.1. The van der Waals surface area contributed by atoms with Gasteiger partial charge in [0, 0.05) is 17.1 Å². The topological polar surface area (TPSA) is 64.6 Å². The van der Waals surface area contributed by atoms with Crippen LogP contribution in [-0.4, -0.2) is 22.6 Å². The van der Waals surface area contributed by atoms with Gasteiger partial charge in [-0.05, 0) is 30.7 Å². The van der Waals surface area contributed by atoms with Gasteiger partial charge in [0.2, 0.25) is 10.0 Å². The van der Waals surface area contributed by atoms with Crippen LogP contribution in [0.3, 0.4) is 0 Å². The number of rotatable bonds is 6. The van der Waals surface area contributed by atoms with E-state index in [9.17, 15) is 8.42 Å². The Hall–Kier alpha value is -1.76. The second kappa shape index (κ2) is 7.21. The van der Waals surface area contributed by atoms with Crippen molar-refractivity contribution in [3.63, 3.8) is 0 Å². The molecule has 124 valence electrons. The monoisotopic (exact) mass is 355 g/mol. The summed E-state index contributed by atoms with van der Waals surface area (Å²) in [5.74, 6) is 0.811. The van der Waals surface area contributed by atoms with Gasteiger partial charge in [-0.3, -0.25) is 0 Å². The first kappa shape index (κ1) is 17.6. The van der Waals surface area contributed by atoms with Crippen LogP contribution in [0.15, 0.2) is 47.4 Å². The average molecular weight is 356 g/mol. The number of methoxy groups -OCH3 is 2. The fourth-order valence-corrected chi connectivity index (χ4v) is 3.71. The highest BCUT2D eigenvalue weighted by molar-refractivity contribution is 7.89. The van der Waals surface area contributed by atoms with E-state index >= 15 is 0 Å². The molecule has 0 saturated carbocycles. The van der Waals surface area contributed by atoms with E-state index in [1.54, 1.807) is 31.2 Å². The fraction of sp³-hybridized carbons (Fsp3) is 0.250. The highest BCUT2D eigenvalue weighted by Crippen LogP contribution is 2.30. The minimum atomic E-state index is -3.73. The molecule has 0 fully saturated rings. The molecule has 7 heteroatoms. The van der Waals surface area contributed by atoms with Crippen molar-refractivity contribution in [3.8, 4) is 11.5 Å². The molecule has 0 aliphatic rings. The Labute approximate surface area is 141 Å². The molecule has 0 aliphatic carbocycles. The molecule has 5 nitrogen and oxygen atoms in total. The van der Waals surface area contributed by atoms with Crippen molar-refractivity contribution in [1.82, 2.24) is 4.72 Å². The molecule has 0 radical (unpaired) electrons. The van der Waals surface area contributed by atoms with Gasteiger partial charge in [0.15, 0.2) is 11.5 Å². The number of sulfonamides is 1. The molecule has 1 unspecified atom stereocenters. The third kappa shape index (κ3) is 3.96. The Morgan fingerprint density at radius 3 is 2.30 bits per heavy atom. The van der Waals surface area contributed by atoms with E-state index in [-0.39, 0.29) is 4.90 Å². The second-order valence-corrected chi connectivity index (χ2v) is 7.00. The number of hydrogen-bond acceptors (Lipinski definition) is 4. The van der Waals surface area contributed by atoms with Crippen LogP contribution in [0.25, 0.3) is 0 Å². The highest BCUT2D eigenvalue weighted by Gasteiger charge is 2.21. The van der Waals surface area contributed by atoms with Gasteiger partial charge in [-0.2, -0.15) is 0 Å². The molecule has 0 bridgehead atoms. The lowest BCUT2D eigenvalue weighted by atomic mass is 10.1. The molecule has 23 heavy (non-hydrogen) atoms. The zero-order valence-corrected chi connectivity index (χ0v) is 14.6. The van der Waals surface area contributed by atoms with Crippen molar-refractivity contribution >= 4 is 21.6 Å². The van der Waals surface area contributed by atoms with Crippen LogP contribution in [0, 0.1) is 0 Å². The first-order valence-corrected chi connectivity index (χ1v) is 8.74. The van der Waals surface area contributed by atoms with E-state index < -0.39 is 16.1 Å². The summed E-state index contributed by atoms with van der Waals surface area (Å²) >= 11 is 6.11. The Morgan fingerprint density at radius 2 is 1.70 bits per heavy atom. The SMILES string of the molecule is COc1ccc(S(=O)(=O)NC(C)c2ccccc2Cl)cc1OC. The molecule has 2 rings (SSSR count). The van der Waals surface area contributed by atoms with Gasteiger partial charge < -0.3 is 9.47 Å². The van der Waals surface area contributed by atoms with Crippen LogP contribution >= 0.6 is 11.6 Å². The van der Waals surface area contributed by atoms with Crippen LogP contribution in [0.4, 0.5) is 0 Å². The Bertz CT molecular complexity index is 792. The number of halogens is 1. The van der Waals surface area contributed by atoms with E-state index in [1.165, 1.54) is 26.4 Å². The first-order valence-electron chi connectivity index (χ1n) is 6.88. The minimum Gasteiger partial charge on any atom is -0.493 e. The minimum absolute atomic E-state index is 0.0917. The molecule has 0 aliphatic heterocycles. The lowest BCUT2D eigenvalue weighted by molar-refractivity contribution is 0.354. The Morgan fingerprint density at radius 1 is 1.04 bits per heavy atom. The van der Waals surface area contributed by atoms with Crippen molar-refractivity contribution in [2.24, 2.45) is 0 Å². The molecule has 1 atom stereocenters. The Kier molecular flexibility index (Phi) is 5.51. The van der Waals surface area contributed by atoms with Gasteiger partial charge in [-0.1, -0.05) is 29.8 Å². The predicted octanol–water partition coefficient (Wildman–Crippen LogP) is 3.40. The quantitative estimate of drug-likeness (QED) is 0.862. The molecule has 2 aromatic rings. The second-order valence-electron chi connectivity index (χ2n) is 4.88. The smallest absolute Gasteiger partial charge is 0.241 e. The predicted molar refractivity (Wildman–Crippen MR) is 89.7 cm³/mol. The summed E-state index contributed by atoms with van der Waals surface area (Å²) in [5, 5.41) is 0.509. The molecule has 2 aromatic carbocycles. The van der Waals surface area contributed by atoms with Crippen LogP contribution in [-0.2, 0) is 10.0 Å². The van der Waals surface area contributed by atoms with Crippen LogP contribution in [0.5, 0.6) is 11.5 Å². The van der Waals surface area contributed by atoms with E-state index in [4.69, 9.17) is 21.1 Å². The normalized spacial score (nSPS) is 12.7. The third-order valence-corrected chi connectivity index (χ3v) is 5.25. The zero-order chi connectivity index (χ0) is 17.0. The molecular weight excluding hydrogens is 338 g/mol. The van der Waals surface area contributed by atoms with Crippen molar-refractivity contribution < 1.29 is 17.9 Å². The Balaban J connectivity index is 2.30. The largest absolute Gasteiger partial charge is 0.493 e. The maximum Gasteiger partial charge on any atom is 0.241 e. The first-order chi connectivity index (χ1) is 10.9. The molecule has 1 N–H and O–H groups in total. The van der Waals surface area contributed by atoms with Crippen LogP contribution < -0.4 is 14.2 Å². The van der Waals surface area contributed by atoms with Gasteiger partial charge in [0.1, 0.15) is 0 Å². The number of hydrogen-bond donors (Lipinski definition) is 1. The summed E-state index contributed by atoms with van der Waals surface area (Å²) in [4.78, 5) is 0.0917. The lowest BCUT2D eigenvalue weighted by Gasteiger charge is -2.16. The van der Waals surface area contributed by atoms with Gasteiger partial charge in [-0.25, -0.2) is 13.1 Å². The van der Waals surface area contributed by atoms with Crippen molar-refractivity contribution in [2.45, 2.75) is 17.9 Å². The molecule has 0 heterocycles. The van der Waals surface area contributed by atoms with Gasteiger partial charge in [0.25, 0.3) is 0 Å². The summed E-state index contributed by atoms with van der Waals surface area (Å²) in [6.45, 7) is 1.74. The molecule has 0 aromatic heterocycles.